The van der Waals surface area contributed by atoms with E-state index in [4.69, 9.17) is 5.73 Å². The first-order valence-electron chi connectivity index (χ1n) is 9.22. The normalized spacial score (nSPS) is 17.8. The molecule has 0 saturated carbocycles. The molecule has 0 aliphatic carbocycles. The average molecular weight is 381 g/mol. The van der Waals surface area contributed by atoms with Gasteiger partial charge in [0.15, 0.2) is 0 Å². The highest BCUT2D eigenvalue weighted by atomic mass is 16.4. The molecular weight excluding hydrogens is 358 g/mol. The van der Waals surface area contributed by atoms with E-state index in [2.05, 4.69) is 0 Å². The van der Waals surface area contributed by atoms with E-state index in [-0.39, 0.29) is 12.8 Å². The average Bonchev–Trinajstić information content (AvgIpc) is 2.94. The van der Waals surface area contributed by atoms with Crippen LogP contribution in [0.2, 0.25) is 0 Å². The highest BCUT2D eigenvalue weighted by Gasteiger charge is 2.50. The molecule has 7 nitrogen and oxygen atoms in total. The van der Waals surface area contributed by atoms with Crippen LogP contribution in [0.3, 0.4) is 0 Å². The van der Waals surface area contributed by atoms with Gasteiger partial charge in [-0.25, -0.2) is 14.5 Å². The first kappa shape index (κ1) is 19.6. The monoisotopic (exact) mass is 381 g/mol. The molecule has 0 aromatic heterocycles. The van der Waals surface area contributed by atoms with Gasteiger partial charge in [0.25, 0.3) is 5.91 Å². The van der Waals surface area contributed by atoms with Gasteiger partial charge in [-0.05, 0) is 37.1 Å². The third-order valence-corrected chi connectivity index (χ3v) is 4.84. The van der Waals surface area contributed by atoms with Crippen LogP contribution in [-0.2, 0) is 16.0 Å². The lowest BCUT2D eigenvalue weighted by molar-refractivity contribution is -0.143. The fraction of sp³-hybridized carbons (Fsp3) is 0.286. The van der Waals surface area contributed by atoms with E-state index in [1.165, 1.54) is 4.90 Å². The summed E-state index contributed by atoms with van der Waals surface area (Å²) < 4.78 is 0. The van der Waals surface area contributed by atoms with Crippen molar-refractivity contribution in [1.82, 2.24) is 4.90 Å². The van der Waals surface area contributed by atoms with Gasteiger partial charge in [0.05, 0.1) is 5.69 Å². The molecule has 1 aliphatic rings. The number of benzene rings is 2. The number of carboxylic acids is 1. The molecule has 2 aromatic carbocycles. The molecule has 3 rings (SSSR count). The number of anilines is 1. The Kier molecular flexibility index (Phi) is 6.06. The van der Waals surface area contributed by atoms with Gasteiger partial charge in [0, 0.05) is 6.42 Å². The fourth-order valence-corrected chi connectivity index (χ4v) is 3.49. The van der Waals surface area contributed by atoms with Crippen molar-refractivity contribution in [1.29, 1.82) is 0 Å². The van der Waals surface area contributed by atoms with Gasteiger partial charge in [0.2, 0.25) is 0 Å². The van der Waals surface area contributed by atoms with E-state index in [9.17, 15) is 19.5 Å². The van der Waals surface area contributed by atoms with Crippen molar-refractivity contribution < 1.29 is 19.5 Å². The Morgan fingerprint density at radius 1 is 1.04 bits per heavy atom. The molecule has 146 valence electrons. The predicted octanol–water partition coefficient (Wildman–Crippen LogP) is 2.26. The molecule has 0 bridgehead atoms. The molecule has 1 saturated heterocycles. The van der Waals surface area contributed by atoms with Crippen LogP contribution >= 0.6 is 0 Å². The topological polar surface area (TPSA) is 104 Å². The second kappa shape index (κ2) is 8.67. The molecule has 1 aliphatic heterocycles. The van der Waals surface area contributed by atoms with Crippen molar-refractivity contribution in [3.8, 4) is 0 Å². The lowest BCUT2D eigenvalue weighted by Gasteiger charge is -2.28. The van der Waals surface area contributed by atoms with E-state index in [0.29, 0.717) is 18.7 Å². The van der Waals surface area contributed by atoms with Crippen LogP contribution in [0.5, 0.6) is 0 Å². The molecule has 3 N–H and O–H groups in total. The SMILES string of the molecule is NCCC[C@@H](C(=O)O)N1C(=O)N(c2ccccc2)C(=O)[C@H]1Cc1ccccc1. The summed E-state index contributed by atoms with van der Waals surface area (Å²) >= 11 is 0. The van der Waals surface area contributed by atoms with E-state index in [0.717, 1.165) is 10.5 Å². The number of nitrogens with zero attached hydrogens (tertiary/aromatic N) is 2. The van der Waals surface area contributed by atoms with E-state index in [1.807, 2.05) is 30.3 Å². The largest absolute Gasteiger partial charge is 0.480 e. The number of hydrogen-bond donors (Lipinski definition) is 2. The van der Waals surface area contributed by atoms with Gasteiger partial charge < -0.3 is 10.8 Å². The summed E-state index contributed by atoms with van der Waals surface area (Å²) in [4.78, 5) is 40.5. The minimum Gasteiger partial charge on any atom is -0.480 e. The van der Waals surface area contributed by atoms with Crippen molar-refractivity contribution in [3.05, 3.63) is 66.2 Å². The molecule has 2 aromatic rings. The lowest BCUT2D eigenvalue weighted by atomic mass is 10.0. The predicted molar refractivity (Wildman–Crippen MR) is 105 cm³/mol. The molecule has 0 radical (unpaired) electrons. The summed E-state index contributed by atoms with van der Waals surface area (Å²) in [5, 5.41) is 9.74. The Labute approximate surface area is 163 Å². The summed E-state index contributed by atoms with van der Waals surface area (Å²) in [7, 11) is 0. The minimum atomic E-state index is -1.14. The van der Waals surface area contributed by atoms with Gasteiger partial charge in [-0.1, -0.05) is 48.5 Å². The maximum Gasteiger partial charge on any atom is 0.332 e. The van der Waals surface area contributed by atoms with Crippen LogP contribution in [0.25, 0.3) is 0 Å². The van der Waals surface area contributed by atoms with Crippen LogP contribution < -0.4 is 10.6 Å². The maximum absolute atomic E-state index is 13.2. The van der Waals surface area contributed by atoms with E-state index < -0.39 is 30.0 Å². The van der Waals surface area contributed by atoms with Crippen LogP contribution in [0.15, 0.2) is 60.7 Å². The molecule has 2 atom stereocenters. The van der Waals surface area contributed by atoms with Gasteiger partial charge in [-0.3, -0.25) is 9.69 Å². The summed E-state index contributed by atoms with van der Waals surface area (Å²) in [5.74, 6) is -1.55. The molecule has 28 heavy (non-hydrogen) atoms. The maximum atomic E-state index is 13.2. The molecule has 1 heterocycles. The summed E-state index contributed by atoms with van der Waals surface area (Å²) in [6.07, 6.45) is 0.887. The quantitative estimate of drug-likeness (QED) is 0.683. The lowest BCUT2D eigenvalue weighted by Crippen LogP contribution is -2.48. The number of amides is 3. The minimum absolute atomic E-state index is 0.193. The number of hydrogen-bond acceptors (Lipinski definition) is 4. The number of para-hydroxylation sites is 1. The molecule has 0 spiro atoms. The smallest absolute Gasteiger partial charge is 0.332 e. The summed E-state index contributed by atoms with van der Waals surface area (Å²) in [5.41, 5.74) is 6.83. The van der Waals surface area contributed by atoms with Crippen LogP contribution in [-0.4, -0.2) is 46.5 Å². The van der Waals surface area contributed by atoms with Gasteiger partial charge in [0.1, 0.15) is 12.1 Å². The summed E-state index contributed by atoms with van der Waals surface area (Å²) in [6, 6.07) is 15.2. The van der Waals surface area contributed by atoms with E-state index >= 15 is 0 Å². The number of urea groups is 1. The first-order chi connectivity index (χ1) is 13.5. The Morgan fingerprint density at radius 2 is 1.64 bits per heavy atom. The molecule has 3 amide bonds. The zero-order chi connectivity index (χ0) is 20.1. The van der Waals surface area contributed by atoms with Gasteiger partial charge >= 0.3 is 12.0 Å². The van der Waals surface area contributed by atoms with Crippen molar-refractivity contribution in [2.45, 2.75) is 31.3 Å². The molecule has 0 unspecified atom stereocenters. The zero-order valence-corrected chi connectivity index (χ0v) is 15.4. The number of rotatable bonds is 8. The second-order valence-electron chi connectivity index (χ2n) is 6.69. The number of carbonyl (C=O) groups excluding carboxylic acids is 2. The Bertz CT molecular complexity index is 841. The van der Waals surface area contributed by atoms with Gasteiger partial charge in [-0.2, -0.15) is 0 Å². The highest BCUT2D eigenvalue weighted by Crippen LogP contribution is 2.30. The van der Waals surface area contributed by atoms with Crippen molar-refractivity contribution >= 4 is 23.6 Å². The van der Waals surface area contributed by atoms with Gasteiger partial charge in [-0.15, -0.1) is 0 Å². The summed E-state index contributed by atoms with van der Waals surface area (Å²) in [6.45, 7) is 0.311. The standard InChI is InChI=1S/C21H23N3O4/c22-13-7-12-17(20(26)27)24-18(14-15-8-3-1-4-9-15)19(25)23(21(24)28)16-10-5-2-6-11-16/h1-6,8-11,17-18H,7,12-14,22H2,(H,26,27)/t17-,18+/m0/s1. The number of aliphatic carboxylic acids is 1. The van der Waals surface area contributed by atoms with E-state index in [1.54, 1.807) is 30.3 Å². The van der Waals surface area contributed by atoms with Crippen molar-refractivity contribution in [2.24, 2.45) is 5.73 Å². The molecule has 7 heteroatoms. The van der Waals surface area contributed by atoms with Crippen LogP contribution in [0.1, 0.15) is 18.4 Å². The van der Waals surface area contributed by atoms with Crippen molar-refractivity contribution in [3.63, 3.8) is 0 Å². The zero-order valence-electron chi connectivity index (χ0n) is 15.4. The first-order valence-corrected chi connectivity index (χ1v) is 9.22. The second-order valence-corrected chi connectivity index (χ2v) is 6.69. The number of carboxylic acid groups (broad SMARTS) is 1. The van der Waals surface area contributed by atoms with Crippen LogP contribution in [0.4, 0.5) is 10.5 Å². The third-order valence-electron chi connectivity index (χ3n) is 4.84. The Morgan fingerprint density at radius 3 is 2.21 bits per heavy atom. The molecular formula is C21H23N3O4. The third kappa shape index (κ3) is 3.89. The number of nitrogens with two attached hydrogens (primary N) is 1. The Hall–Kier alpha value is -3.19. The highest BCUT2D eigenvalue weighted by molar-refractivity contribution is 6.22. The fourth-order valence-electron chi connectivity index (χ4n) is 3.49. The van der Waals surface area contributed by atoms with Crippen LogP contribution in [0, 0.1) is 0 Å². The number of imide groups is 1. The number of carbonyl (C=O) groups is 3. The van der Waals surface area contributed by atoms with Crippen molar-refractivity contribution in [2.75, 3.05) is 11.4 Å². The molecule has 1 fully saturated rings. The Balaban J connectivity index is 2.00.